The molecule has 1 aliphatic heterocycles. The van der Waals surface area contributed by atoms with E-state index in [9.17, 15) is 4.39 Å². The predicted octanol–water partition coefficient (Wildman–Crippen LogP) is 2.16. The van der Waals surface area contributed by atoms with Crippen molar-refractivity contribution in [3.63, 3.8) is 0 Å². The van der Waals surface area contributed by atoms with E-state index in [2.05, 4.69) is 27.0 Å². The van der Waals surface area contributed by atoms with Gasteiger partial charge in [0.25, 0.3) is 0 Å². The van der Waals surface area contributed by atoms with Crippen LogP contribution >= 0.6 is 24.0 Å². The first-order chi connectivity index (χ1) is 11.1. The zero-order valence-corrected chi connectivity index (χ0v) is 16.7. The van der Waals surface area contributed by atoms with Crippen LogP contribution in [0.25, 0.3) is 0 Å². The molecule has 5 nitrogen and oxygen atoms in total. The number of hydrogen-bond donors (Lipinski definition) is 2. The van der Waals surface area contributed by atoms with Gasteiger partial charge in [0.15, 0.2) is 5.96 Å². The fourth-order valence-electron chi connectivity index (χ4n) is 2.55. The van der Waals surface area contributed by atoms with Crippen LogP contribution in [-0.4, -0.2) is 61.8 Å². The second-order valence-corrected chi connectivity index (χ2v) is 5.93. The summed E-state index contributed by atoms with van der Waals surface area (Å²) in [4.78, 5) is 9.12. The van der Waals surface area contributed by atoms with Gasteiger partial charge in [0.2, 0.25) is 0 Å². The van der Waals surface area contributed by atoms with Crippen molar-refractivity contribution in [3.8, 4) is 0 Å². The first kappa shape index (κ1) is 21.0. The van der Waals surface area contributed by atoms with E-state index in [0.29, 0.717) is 6.54 Å². The van der Waals surface area contributed by atoms with Crippen LogP contribution in [0.4, 0.5) is 10.1 Å². The Kier molecular flexibility index (Phi) is 9.35. The van der Waals surface area contributed by atoms with E-state index in [-0.39, 0.29) is 42.3 Å². The highest BCUT2D eigenvalue weighted by molar-refractivity contribution is 14.0. The molecule has 0 saturated carbocycles. The Morgan fingerprint density at radius 3 is 2.42 bits per heavy atom. The molecule has 0 aromatic heterocycles. The van der Waals surface area contributed by atoms with Crippen molar-refractivity contribution in [2.45, 2.75) is 13.8 Å². The van der Waals surface area contributed by atoms with E-state index in [1.165, 1.54) is 12.1 Å². The number of benzene rings is 1. The quantitative estimate of drug-likeness (QED) is 0.410. The van der Waals surface area contributed by atoms with Crippen LogP contribution in [0.1, 0.15) is 13.8 Å². The topological polar surface area (TPSA) is 51.1 Å². The molecule has 1 aromatic rings. The second kappa shape index (κ2) is 10.7. The number of aliphatic hydroxyl groups is 1. The minimum Gasteiger partial charge on any atom is -0.396 e. The molecule has 1 heterocycles. The first-order valence-electron chi connectivity index (χ1n) is 8.28. The normalized spacial score (nSPS) is 16.6. The first-order valence-corrected chi connectivity index (χ1v) is 8.28. The van der Waals surface area contributed by atoms with Crippen molar-refractivity contribution in [2.24, 2.45) is 10.9 Å². The summed E-state index contributed by atoms with van der Waals surface area (Å²) in [5.74, 6) is 0.877. The number of guanidine groups is 1. The van der Waals surface area contributed by atoms with E-state index >= 15 is 0 Å². The maximum Gasteiger partial charge on any atom is 0.194 e. The highest BCUT2D eigenvalue weighted by Gasteiger charge is 2.20. The summed E-state index contributed by atoms with van der Waals surface area (Å²) >= 11 is 0. The van der Waals surface area contributed by atoms with E-state index < -0.39 is 0 Å². The van der Waals surface area contributed by atoms with Crippen LogP contribution in [-0.2, 0) is 0 Å². The molecule has 0 aliphatic carbocycles. The molecular weight excluding hydrogens is 422 g/mol. The average molecular weight is 450 g/mol. The fraction of sp³-hybridized carbons (Fsp3) is 0.588. The number of rotatable bonds is 5. The van der Waals surface area contributed by atoms with Crippen molar-refractivity contribution in [1.82, 2.24) is 10.2 Å². The van der Waals surface area contributed by atoms with Crippen molar-refractivity contribution < 1.29 is 9.50 Å². The molecule has 24 heavy (non-hydrogen) atoms. The van der Waals surface area contributed by atoms with Crippen LogP contribution < -0.4 is 10.2 Å². The third kappa shape index (κ3) is 6.08. The summed E-state index contributed by atoms with van der Waals surface area (Å²) in [6, 6.07) is 6.66. The molecule has 136 valence electrons. The zero-order chi connectivity index (χ0) is 16.7. The van der Waals surface area contributed by atoms with Crippen molar-refractivity contribution in [1.29, 1.82) is 0 Å². The van der Waals surface area contributed by atoms with Gasteiger partial charge in [-0.25, -0.2) is 4.39 Å². The van der Waals surface area contributed by atoms with Crippen molar-refractivity contribution in [3.05, 3.63) is 30.1 Å². The Labute approximate surface area is 161 Å². The fourth-order valence-corrected chi connectivity index (χ4v) is 2.55. The highest BCUT2D eigenvalue weighted by atomic mass is 127. The Hall–Kier alpha value is -1.09. The molecule has 0 radical (unpaired) electrons. The van der Waals surface area contributed by atoms with Crippen molar-refractivity contribution >= 4 is 35.6 Å². The van der Waals surface area contributed by atoms with Crippen LogP contribution in [0.2, 0.25) is 0 Å². The van der Waals surface area contributed by atoms with E-state index in [0.717, 1.165) is 44.4 Å². The number of piperazine rings is 1. The Morgan fingerprint density at radius 1 is 1.25 bits per heavy atom. The minimum absolute atomic E-state index is 0. The molecule has 1 atom stereocenters. The standard InChI is InChI=1S/C17H27FN4O.HI/c1-3-19-17(20-12-14(2)13-23)22-10-8-21(9-11-22)16-6-4-15(18)5-7-16;/h4-7,14,23H,3,8-13H2,1-2H3,(H,19,20);1H. The van der Waals surface area contributed by atoms with Gasteiger partial charge in [0.05, 0.1) is 0 Å². The zero-order valence-electron chi connectivity index (χ0n) is 14.4. The number of halogens is 2. The molecule has 0 amide bonds. The van der Waals surface area contributed by atoms with Crippen LogP contribution in [0.15, 0.2) is 29.3 Å². The number of nitrogens with zero attached hydrogens (tertiary/aromatic N) is 3. The van der Waals surface area contributed by atoms with Gasteiger partial charge in [0, 0.05) is 51.6 Å². The predicted molar refractivity (Wildman–Crippen MR) is 108 cm³/mol. The molecule has 1 aliphatic rings. The SMILES string of the molecule is CCNC(=NCC(C)CO)N1CCN(c2ccc(F)cc2)CC1.I. The summed E-state index contributed by atoms with van der Waals surface area (Å²) in [5.41, 5.74) is 1.06. The molecule has 2 N–H and O–H groups in total. The van der Waals surface area contributed by atoms with Crippen LogP contribution in [0, 0.1) is 11.7 Å². The van der Waals surface area contributed by atoms with Gasteiger partial charge in [-0.3, -0.25) is 4.99 Å². The molecular formula is C17H28FIN4O. The third-order valence-corrected chi connectivity index (χ3v) is 3.97. The molecule has 7 heteroatoms. The number of anilines is 1. The maximum atomic E-state index is 13.0. The molecule has 0 bridgehead atoms. The third-order valence-electron chi connectivity index (χ3n) is 3.97. The minimum atomic E-state index is -0.202. The van der Waals surface area contributed by atoms with Gasteiger partial charge in [-0.2, -0.15) is 0 Å². The Balaban J connectivity index is 0.00000288. The van der Waals surface area contributed by atoms with Gasteiger partial charge in [-0.05, 0) is 37.1 Å². The summed E-state index contributed by atoms with van der Waals surface area (Å²) in [7, 11) is 0. The molecule has 1 unspecified atom stereocenters. The number of aliphatic imine (C=N–C) groups is 1. The average Bonchev–Trinajstić information content (AvgIpc) is 2.59. The van der Waals surface area contributed by atoms with Gasteiger partial charge in [-0.1, -0.05) is 6.92 Å². The summed E-state index contributed by atoms with van der Waals surface area (Å²) in [6.45, 7) is 9.15. The van der Waals surface area contributed by atoms with Crippen LogP contribution in [0.3, 0.4) is 0 Å². The molecule has 0 spiro atoms. The lowest BCUT2D eigenvalue weighted by Crippen LogP contribution is -2.52. The summed E-state index contributed by atoms with van der Waals surface area (Å²) in [6.07, 6.45) is 0. The Bertz CT molecular complexity index is 504. The number of hydrogen-bond acceptors (Lipinski definition) is 3. The second-order valence-electron chi connectivity index (χ2n) is 5.93. The van der Waals surface area contributed by atoms with Crippen molar-refractivity contribution in [2.75, 3.05) is 50.8 Å². The van der Waals surface area contributed by atoms with E-state index in [1.54, 1.807) is 0 Å². The highest BCUT2D eigenvalue weighted by Crippen LogP contribution is 2.17. The van der Waals surface area contributed by atoms with E-state index in [1.807, 2.05) is 19.1 Å². The molecule has 1 aromatic carbocycles. The monoisotopic (exact) mass is 450 g/mol. The smallest absolute Gasteiger partial charge is 0.194 e. The van der Waals surface area contributed by atoms with Gasteiger partial charge >= 0.3 is 0 Å². The molecule has 2 rings (SSSR count). The Morgan fingerprint density at radius 2 is 1.88 bits per heavy atom. The molecule has 1 fully saturated rings. The summed E-state index contributed by atoms with van der Waals surface area (Å²) in [5, 5.41) is 12.5. The maximum absolute atomic E-state index is 13.0. The van der Waals surface area contributed by atoms with Gasteiger partial charge in [0.1, 0.15) is 5.82 Å². The summed E-state index contributed by atoms with van der Waals surface area (Å²) < 4.78 is 13.0. The van der Waals surface area contributed by atoms with E-state index in [4.69, 9.17) is 5.11 Å². The lowest BCUT2D eigenvalue weighted by atomic mass is 10.2. The van der Waals surface area contributed by atoms with Gasteiger partial charge < -0.3 is 20.2 Å². The lowest BCUT2D eigenvalue weighted by Gasteiger charge is -2.37. The molecule has 1 saturated heterocycles. The number of aliphatic hydroxyl groups excluding tert-OH is 1. The largest absolute Gasteiger partial charge is 0.396 e. The lowest BCUT2D eigenvalue weighted by molar-refractivity contribution is 0.241. The van der Waals surface area contributed by atoms with Crippen LogP contribution in [0.5, 0.6) is 0 Å². The van der Waals surface area contributed by atoms with Gasteiger partial charge in [-0.15, -0.1) is 24.0 Å². The number of nitrogens with one attached hydrogen (secondary N) is 1.